The Bertz CT molecular complexity index is 679. The molecule has 0 aromatic heterocycles. The van der Waals surface area contributed by atoms with Crippen LogP contribution < -0.4 is 4.74 Å². The topological polar surface area (TPSA) is 76.0 Å². The molecule has 6 heteroatoms. The Hall–Kier alpha value is -0.860. The van der Waals surface area contributed by atoms with E-state index in [1.54, 1.807) is 23.0 Å². The van der Waals surface area contributed by atoms with Gasteiger partial charge in [0.1, 0.15) is 5.75 Å². The fourth-order valence-corrected chi connectivity index (χ4v) is 5.38. The molecule has 3 rings (SSSR count). The van der Waals surface area contributed by atoms with Gasteiger partial charge in [0.25, 0.3) is 0 Å². The first-order valence-corrected chi connectivity index (χ1v) is 11.8. The quantitative estimate of drug-likeness (QED) is 0.357. The molecule has 0 heterocycles. The predicted octanol–water partition coefficient (Wildman–Crippen LogP) is 4.39. The SMILES string of the molecule is CCCCCC(O)CCC1C(O)CC2Cc3c(cccc3OCC(=O)OI)CC21. The van der Waals surface area contributed by atoms with Gasteiger partial charge in [-0.05, 0) is 73.5 Å². The molecule has 0 spiro atoms. The number of halogens is 1. The van der Waals surface area contributed by atoms with Crippen molar-refractivity contribution in [2.45, 2.75) is 76.9 Å². The highest BCUT2D eigenvalue weighted by Gasteiger charge is 2.44. The largest absolute Gasteiger partial charge is 0.482 e. The fraction of sp³-hybridized carbons (Fsp3) is 0.696. The van der Waals surface area contributed by atoms with Crippen LogP contribution in [0.15, 0.2) is 18.2 Å². The molecule has 29 heavy (non-hydrogen) atoms. The molecule has 0 amide bonds. The maximum absolute atomic E-state index is 11.4. The third-order valence-corrected chi connectivity index (χ3v) is 7.24. The lowest BCUT2D eigenvalue weighted by Crippen LogP contribution is -2.28. The summed E-state index contributed by atoms with van der Waals surface area (Å²) < 4.78 is 10.4. The van der Waals surface area contributed by atoms with E-state index in [0.29, 0.717) is 11.8 Å². The van der Waals surface area contributed by atoms with Crippen molar-refractivity contribution in [3.05, 3.63) is 29.3 Å². The fourth-order valence-electron chi connectivity index (χ4n) is 5.26. The summed E-state index contributed by atoms with van der Waals surface area (Å²) in [7, 11) is 0. The maximum Gasteiger partial charge on any atom is 0.353 e. The van der Waals surface area contributed by atoms with Gasteiger partial charge in [-0.1, -0.05) is 38.3 Å². The van der Waals surface area contributed by atoms with E-state index in [1.807, 2.05) is 12.1 Å². The van der Waals surface area contributed by atoms with Crippen molar-refractivity contribution < 1.29 is 22.8 Å². The molecular formula is C23H33IO5. The molecule has 0 bridgehead atoms. The van der Waals surface area contributed by atoms with Crippen molar-refractivity contribution in [3.63, 3.8) is 0 Å². The van der Waals surface area contributed by atoms with Gasteiger partial charge in [-0.15, -0.1) is 0 Å². The van der Waals surface area contributed by atoms with Crippen molar-refractivity contribution >= 4 is 29.0 Å². The van der Waals surface area contributed by atoms with Crippen molar-refractivity contribution in [1.29, 1.82) is 0 Å². The van der Waals surface area contributed by atoms with Crippen LogP contribution in [0, 0.1) is 17.8 Å². The molecule has 5 nitrogen and oxygen atoms in total. The summed E-state index contributed by atoms with van der Waals surface area (Å²) >= 11 is 1.57. The molecule has 2 N–H and O–H groups in total. The smallest absolute Gasteiger partial charge is 0.353 e. The first kappa shape index (κ1) is 22.8. The number of carbonyl (C=O) groups is 1. The number of unbranched alkanes of at least 4 members (excludes halogenated alkanes) is 2. The minimum atomic E-state index is -0.397. The monoisotopic (exact) mass is 516 g/mol. The number of ether oxygens (including phenoxy) is 1. The minimum Gasteiger partial charge on any atom is -0.482 e. The van der Waals surface area contributed by atoms with Gasteiger partial charge in [0, 0.05) is 0 Å². The van der Waals surface area contributed by atoms with Crippen LogP contribution in [-0.2, 0) is 20.7 Å². The molecule has 2 aliphatic carbocycles. The average Bonchev–Trinajstić information content (AvgIpc) is 3.02. The van der Waals surface area contributed by atoms with E-state index in [0.717, 1.165) is 50.7 Å². The van der Waals surface area contributed by atoms with E-state index in [2.05, 4.69) is 16.1 Å². The van der Waals surface area contributed by atoms with Crippen LogP contribution in [0.1, 0.15) is 63.0 Å². The third kappa shape index (κ3) is 5.85. The number of carbonyl (C=O) groups excluding carboxylic acids is 1. The number of aliphatic hydroxyl groups excluding tert-OH is 2. The van der Waals surface area contributed by atoms with E-state index in [9.17, 15) is 15.0 Å². The summed E-state index contributed by atoms with van der Waals surface area (Å²) in [5.41, 5.74) is 2.43. The van der Waals surface area contributed by atoms with E-state index in [4.69, 9.17) is 4.74 Å². The van der Waals surface area contributed by atoms with Crippen LogP contribution in [0.4, 0.5) is 0 Å². The lowest BCUT2D eigenvalue weighted by Gasteiger charge is -2.32. The van der Waals surface area contributed by atoms with Gasteiger partial charge < -0.3 is 18.0 Å². The summed E-state index contributed by atoms with van der Waals surface area (Å²) in [6.07, 6.45) is 8.04. The highest BCUT2D eigenvalue weighted by Crippen LogP contribution is 2.48. The number of benzene rings is 1. The van der Waals surface area contributed by atoms with Gasteiger partial charge >= 0.3 is 5.97 Å². The van der Waals surface area contributed by atoms with Crippen LogP contribution in [0.2, 0.25) is 0 Å². The second-order valence-electron chi connectivity index (χ2n) is 8.66. The molecular weight excluding hydrogens is 483 g/mol. The molecule has 162 valence electrons. The average molecular weight is 516 g/mol. The number of aliphatic hydroxyl groups is 2. The molecule has 5 unspecified atom stereocenters. The van der Waals surface area contributed by atoms with Crippen molar-refractivity contribution in [3.8, 4) is 5.75 Å². The van der Waals surface area contributed by atoms with Gasteiger partial charge in [0.2, 0.25) is 0 Å². The zero-order valence-electron chi connectivity index (χ0n) is 17.2. The highest BCUT2D eigenvalue weighted by molar-refractivity contribution is 14.1. The third-order valence-electron chi connectivity index (χ3n) is 6.75. The highest BCUT2D eigenvalue weighted by atomic mass is 127. The van der Waals surface area contributed by atoms with E-state index in [-0.39, 0.29) is 24.7 Å². The summed E-state index contributed by atoms with van der Waals surface area (Å²) in [4.78, 5) is 11.4. The Labute approximate surface area is 187 Å². The molecule has 0 saturated heterocycles. The van der Waals surface area contributed by atoms with E-state index < -0.39 is 5.97 Å². The number of rotatable bonds is 10. The molecule has 1 saturated carbocycles. The van der Waals surface area contributed by atoms with E-state index >= 15 is 0 Å². The Morgan fingerprint density at radius 3 is 2.86 bits per heavy atom. The van der Waals surface area contributed by atoms with Gasteiger partial charge in [0.15, 0.2) is 29.6 Å². The van der Waals surface area contributed by atoms with E-state index in [1.165, 1.54) is 24.0 Å². The van der Waals surface area contributed by atoms with Crippen LogP contribution >= 0.6 is 23.0 Å². The molecule has 1 aromatic carbocycles. The second-order valence-corrected chi connectivity index (χ2v) is 9.10. The number of hydrogen-bond donors (Lipinski definition) is 2. The van der Waals surface area contributed by atoms with Gasteiger partial charge in [-0.25, -0.2) is 4.79 Å². The molecule has 0 radical (unpaired) electrons. The summed E-state index contributed by atoms with van der Waals surface area (Å²) in [5, 5.41) is 21.0. The van der Waals surface area contributed by atoms with Crippen LogP contribution in [0.25, 0.3) is 0 Å². The first-order valence-electron chi connectivity index (χ1n) is 10.9. The molecule has 2 aliphatic rings. The van der Waals surface area contributed by atoms with Gasteiger partial charge in [-0.2, -0.15) is 0 Å². The Morgan fingerprint density at radius 2 is 2.10 bits per heavy atom. The van der Waals surface area contributed by atoms with Crippen molar-refractivity contribution in [2.24, 2.45) is 17.8 Å². The zero-order chi connectivity index (χ0) is 20.8. The predicted molar refractivity (Wildman–Crippen MR) is 120 cm³/mol. The van der Waals surface area contributed by atoms with Crippen molar-refractivity contribution in [2.75, 3.05) is 6.61 Å². The lowest BCUT2D eigenvalue weighted by molar-refractivity contribution is -0.133. The summed E-state index contributed by atoms with van der Waals surface area (Å²) in [6.45, 7) is 2.09. The van der Waals surface area contributed by atoms with Gasteiger partial charge in [0.05, 0.1) is 12.2 Å². The Morgan fingerprint density at radius 1 is 1.28 bits per heavy atom. The molecule has 1 aromatic rings. The second kappa shape index (κ2) is 11.0. The Kier molecular flexibility index (Phi) is 8.62. The van der Waals surface area contributed by atoms with Crippen LogP contribution in [0.5, 0.6) is 5.75 Å². The zero-order valence-corrected chi connectivity index (χ0v) is 19.3. The normalized spacial score (nSPS) is 26.5. The standard InChI is InChI=1S/C23H33IO5/c1-2-3-4-7-17(25)9-10-18-19-11-15-6-5-8-22(28-14-23(27)29-24)20(15)12-16(19)13-21(18)26/h5-6,8,16-19,21,25-26H,2-4,7,9-14H2,1H3. The first-order chi connectivity index (χ1) is 14.0. The van der Waals surface area contributed by atoms with Crippen molar-refractivity contribution in [1.82, 2.24) is 0 Å². The lowest BCUT2D eigenvalue weighted by atomic mass is 9.73. The summed E-state index contributed by atoms with van der Waals surface area (Å²) in [6, 6.07) is 6.02. The van der Waals surface area contributed by atoms with Gasteiger partial charge in [-0.3, -0.25) is 0 Å². The van der Waals surface area contributed by atoms with Crippen LogP contribution in [-0.4, -0.2) is 35.0 Å². The Balaban J connectivity index is 1.62. The number of fused-ring (bicyclic) bond motifs is 2. The minimum absolute atomic E-state index is 0.0886. The summed E-state index contributed by atoms with van der Waals surface area (Å²) in [5.74, 6) is 1.50. The maximum atomic E-state index is 11.4. The molecule has 5 atom stereocenters. The molecule has 0 aliphatic heterocycles. The molecule has 1 fully saturated rings. The van der Waals surface area contributed by atoms with Crippen LogP contribution in [0.3, 0.4) is 0 Å². The number of hydrogen-bond acceptors (Lipinski definition) is 5.